The molecule has 24 heavy (non-hydrogen) atoms. The Morgan fingerprint density at radius 3 is 2.88 bits per heavy atom. The van der Waals surface area contributed by atoms with Gasteiger partial charge in [0.25, 0.3) is 0 Å². The molecule has 3 rings (SSSR count). The normalized spacial score (nSPS) is 16.8. The average Bonchev–Trinajstić information content (AvgIpc) is 3.26. The molecule has 7 heteroatoms. The molecule has 1 aliphatic heterocycles. The maximum Gasteiger partial charge on any atom is 0.246 e. The van der Waals surface area contributed by atoms with E-state index >= 15 is 0 Å². The molecular weight excluding hydrogens is 306 g/mol. The van der Waals surface area contributed by atoms with Crippen molar-refractivity contribution in [1.82, 2.24) is 19.9 Å². The lowest BCUT2D eigenvalue weighted by atomic mass is 10.1. The van der Waals surface area contributed by atoms with E-state index in [2.05, 4.69) is 22.1 Å². The predicted molar refractivity (Wildman–Crippen MR) is 89.5 cm³/mol. The molecular formula is C17H19N5O2. The molecule has 2 aromatic rings. The summed E-state index contributed by atoms with van der Waals surface area (Å²) in [7, 11) is 0. The van der Waals surface area contributed by atoms with Crippen molar-refractivity contribution in [3.63, 3.8) is 0 Å². The molecule has 2 heterocycles. The molecule has 0 spiro atoms. The first-order chi connectivity index (χ1) is 11.7. The number of hydrogen-bond donors (Lipinski definition) is 1. The van der Waals surface area contributed by atoms with Crippen LogP contribution in [-0.4, -0.2) is 44.3 Å². The van der Waals surface area contributed by atoms with E-state index in [9.17, 15) is 9.59 Å². The molecule has 1 aromatic heterocycles. The van der Waals surface area contributed by atoms with Crippen molar-refractivity contribution in [3.05, 3.63) is 49.3 Å². The van der Waals surface area contributed by atoms with Gasteiger partial charge in [0.05, 0.1) is 18.1 Å². The zero-order chi connectivity index (χ0) is 16.9. The second kappa shape index (κ2) is 7.08. The van der Waals surface area contributed by atoms with Gasteiger partial charge in [0, 0.05) is 24.7 Å². The molecule has 1 atom stereocenters. The minimum absolute atomic E-state index is 0.0635. The number of anilines is 1. The number of likely N-dealkylation sites (tertiary alicyclic amines) is 1. The number of nitrogens with one attached hydrogen (secondary N) is 1. The standard InChI is InChI=1S/C17H19N5O2/c1-2-17(24)21-10-4-7-14(21)12-16(23)20-13-5-3-6-15(11-13)22-18-8-9-19-22/h2-3,5-6,8-9,11,14H,1,4,7,10,12H2,(H,20,23)/t14-/m1/s1. The van der Waals surface area contributed by atoms with Gasteiger partial charge in [-0.2, -0.15) is 15.0 Å². The highest BCUT2D eigenvalue weighted by molar-refractivity contribution is 5.92. The van der Waals surface area contributed by atoms with E-state index in [0.29, 0.717) is 12.2 Å². The maximum atomic E-state index is 12.3. The molecule has 2 amide bonds. The molecule has 1 aliphatic rings. The summed E-state index contributed by atoms with van der Waals surface area (Å²) < 4.78 is 0. The molecule has 124 valence electrons. The van der Waals surface area contributed by atoms with E-state index in [1.807, 2.05) is 18.2 Å². The van der Waals surface area contributed by atoms with Gasteiger partial charge < -0.3 is 10.2 Å². The lowest BCUT2D eigenvalue weighted by Crippen LogP contribution is -2.36. The first-order valence-corrected chi connectivity index (χ1v) is 7.87. The van der Waals surface area contributed by atoms with Gasteiger partial charge in [-0.25, -0.2) is 0 Å². The lowest BCUT2D eigenvalue weighted by Gasteiger charge is -2.22. The van der Waals surface area contributed by atoms with Crippen molar-refractivity contribution in [1.29, 1.82) is 0 Å². The van der Waals surface area contributed by atoms with Gasteiger partial charge in [-0.1, -0.05) is 12.6 Å². The summed E-state index contributed by atoms with van der Waals surface area (Å²) in [6.07, 6.45) is 6.52. The topological polar surface area (TPSA) is 80.1 Å². The fourth-order valence-electron chi connectivity index (χ4n) is 2.94. The summed E-state index contributed by atoms with van der Waals surface area (Å²) in [6.45, 7) is 4.20. The van der Waals surface area contributed by atoms with Gasteiger partial charge in [0.2, 0.25) is 11.8 Å². The van der Waals surface area contributed by atoms with Crippen LogP contribution in [0, 0.1) is 0 Å². The molecule has 1 saturated heterocycles. The quantitative estimate of drug-likeness (QED) is 0.850. The largest absolute Gasteiger partial charge is 0.336 e. The van der Waals surface area contributed by atoms with E-state index in [1.165, 1.54) is 10.9 Å². The van der Waals surface area contributed by atoms with E-state index in [0.717, 1.165) is 18.5 Å². The Hall–Kier alpha value is -2.96. The third kappa shape index (κ3) is 3.51. The van der Waals surface area contributed by atoms with E-state index in [4.69, 9.17) is 0 Å². The van der Waals surface area contributed by atoms with Crippen LogP contribution < -0.4 is 5.32 Å². The van der Waals surface area contributed by atoms with Crippen LogP contribution in [0.3, 0.4) is 0 Å². The smallest absolute Gasteiger partial charge is 0.246 e. The summed E-state index contributed by atoms with van der Waals surface area (Å²) in [5.74, 6) is -0.230. The van der Waals surface area contributed by atoms with Crippen LogP contribution >= 0.6 is 0 Å². The Morgan fingerprint density at radius 2 is 2.12 bits per heavy atom. The zero-order valence-electron chi connectivity index (χ0n) is 13.3. The summed E-state index contributed by atoms with van der Waals surface area (Å²) in [5, 5.41) is 11.0. The zero-order valence-corrected chi connectivity index (χ0v) is 13.3. The van der Waals surface area contributed by atoms with Crippen LogP contribution in [0.4, 0.5) is 5.69 Å². The summed E-state index contributed by atoms with van der Waals surface area (Å²) in [4.78, 5) is 27.3. The molecule has 0 aliphatic carbocycles. The van der Waals surface area contributed by atoms with Crippen molar-refractivity contribution < 1.29 is 9.59 Å². The minimum atomic E-state index is -0.116. The average molecular weight is 325 g/mol. The molecule has 0 saturated carbocycles. The molecule has 1 fully saturated rings. The maximum absolute atomic E-state index is 12.3. The molecule has 0 radical (unpaired) electrons. The van der Waals surface area contributed by atoms with Crippen LogP contribution in [0.15, 0.2) is 49.3 Å². The van der Waals surface area contributed by atoms with E-state index in [1.54, 1.807) is 23.4 Å². The Bertz CT molecular complexity index is 741. The number of rotatable bonds is 5. The molecule has 1 N–H and O–H groups in total. The summed E-state index contributed by atoms with van der Waals surface area (Å²) >= 11 is 0. The first kappa shape index (κ1) is 15.9. The van der Waals surface area contributed by atoms with Gasteiger partial charge in [0.15, 0.2) is 0 Å². The number of carbonyl (C=O) groups is 2. The van der Waals surface area contributed by atoms with Gasteiger partial charge in [0.1, 0.15) is 0 Å². The minimum Gasteiger partial charge on any atom is -0.336 e. The van der Waals surface area contributed by atoms with Crippen molar-refractivity contribution in [2.75, 3.05) is 11.9 Å². The molecule has 0 bridgehead atoms. The van der Waals surface area contributed by atoms with Crippen LogP contribution in [0.5, 0.6) is 0 Å². The second-order valence-electron chi connectivity index (χ2n) is 5.65. The highest BCUT2D eigenvalue weighted by Gasteiger charge is 2.29. The fraction of sp³-hybridized carbons (Fsp3) is 0.294. The van der Waals surface area contributed by atoms with Gasteiger partial charge in [-0.3, -0.25) is 9.59 Å². The fourth-order valence-corrected chi connectivity index (χ4v) is 2.94. The van der Waals surface area contributed by atoms with Crippen molar-refractivity contribution in [2.24, 2.45) is 0 Å². The van der Waals surface area contributed by atoms with E-state index < -0.39 is 0 Å². The molecule has 1 aromatic carbocycles. The lowest BCUT2D eigenvalue weighted by molar-refractivity contribution is -0.127. The molecule has 0 unspecified atom stereocenters. The van der Waals surface area contributed by atoms with E-state index in [-0.39, 0.29) is 24.3 Å². The van der Waals surface area contributed by atoms with Crippen LogP contribution in [0.25, 0.3) is 5.69 Å². The second-order valence-corrected chi connectivity index (χ2v) is 5.65. The van der Waals surface area contributed by atoms with Gasteiger partial charge >= 0.3 is 0 Å². The summed E-state index contributed by atoms with van der Waals surface area (Å²) in [6, 6.07) is 7.24. The number of aromatic nitrogens is 3. The Balaban J connectivity index is 1.64. The number of carbonyl (C=O) groups excluding carboxylic acids is 2. The van der Waals surface area contributed by atoms with Crippen LogP contribution in [0.2, 0.25) is 0 Å². The van der Waals surface area contributed by atoms with Gasteiger partial charge in [-0.05, 0) is 37.1 Å². The monoisotopic (exact) mass is 325 g/mol. The summed E-state index contributed by atoms with van der Waals surface area (Å²) in [5.41, 5.74) is 1.44. The molecule has 7 nitrogen and oxygen atoms in total. The van der Waals surface area contributed by atoms with Crippen molar-refractivity contribution in [3.8, 4) is 5.69 Å². The SMILES string of the molecule is C=CC(=O)N1CCC[C@@H]1CC(=O)Nc1cccc(-n2nccn2)c1. The van der Waals surface area contributed by atoms with Crippen molar-refractivity contribution >= 4 is 17.5 Å². The highest BCUT2D eigenvalue weighted by Crippen LogP contribution is 2.21. The number of benzene rings is 1. The Kier molecular flexibility index (Phi) is 4.69. The Morgan fingerprint density at radius 1 is 1.33 bits per heavy atom. The number of amides is 2. The third-order valence-corrected chi connectivity index (χ3v) is 4.04. The predicted octanol–water partition coefficient (Wildman–Crippen LogP) is 1.77. The third-order valence-electron chi connectivity index (χ3n) is 4.04. The Labute approximate surface area is 140 Å². The highest BCUT2D eigenvalue weighted by atomic mass is 16.2. The van der Waals surface area contributed by atoms with Crippen molar-refractivity contribution in [2.45, 2.75) is 25.3 Å². The number of hydrogen-bond acceptors (Lipinski definition) is 4. The first-order valence-electron chi connectivity index (χ1n) is 7.87. The number of nitrogens with zero attached hydrogens (tertiary/aromatic N) is 4. The van der Waals surface area contributed by atoms with Crippen LogP contribution in [0.1, 0.15) is 19.3 Å². The van der Waals surface area contributed by atoms with Crippen LogP contribution in [-0.2, 0) is 9.59 Å². The van der Waals surface area contributed by atoms with Gasteiger partial charge in [-0.15, -0.1) is 0 Å².